The van der Waals surface area contributed by atoms with E-state index >= 15 is 0 Å². The second-order valence-electron chi connectivity index (χ2n) is 3.38. The maximum atomic E-state index is 11.9. The van der Waals surface area contributed by atoms with E-state index < -0.39 is 0 Å². The Labute approximate surface area is 84.3 Å². The summed E-state index contributed by atoms with van der Waals surface area (Å²) < 4.78 is 6.10. The number of rotatable bonds is 0. The lowest BCUT2D eigenvalue weighted by molar-refractivity contribution is 0.109. The van der Waals surface area contributed by atoms with Crippen molar-refractivity contribution in [3.63, 3.8) is 0 Å². The molecule has 2 aromatic rings. The molecule has 2 aromatic heterocycles. The summed E-state index contributed by atoms with van der Waals surface area (Å²) in [6.07, 6.45) is 0.816. The molecule has 72 valence electrons. The van der Waals surface area contributed by atoms with Crippen molar-refractivity contribution in [1.82, 2.24) is 4.98 Å². The molecule has 3 rings (SSSR count). The van der Waals surface area contributed by atoms with Crippen molar-refractivity contribution in [3.05, 3.63) is 32.9 Å². The van der Waals surface area contributed by atoms with E-state index in [1.54, 1.807) is 0 Å². The van der Waals surface area contributed by atoms with E-state index in [0.29, 0.717) is 13.2 Å². The number of pyridine rings is 1. The first-order valence-corrected chi connectivity index (χ1v) is 5.43. The first kappa shape index (κ1) is 8.20. The maximum Gasteiger partial charge on any atom is 0.205 e. The van der Waals surface area contributed by atoms with Gasteiger partial charge >= 0.3 is 0 Å². The van der Waals surface area contributed by atoms with Crippen LogP contribution in [0.3, 0.4) is 0 Å². The molecule has 0 fully saturated rings. The van der Waals surface area contributed by atoms with Gasteiger partial charge in [-0.1, -0.05) is 0 Å². The zero-order valence-corrected chi connectivity index (χ0v) is 8.32. The van der Waals surface area contributed by atoms with Gasteiger partial charge in [-0.25, -0.2) is 0 Å². The molecule has 0 unspecified atom stereocenters. The molecule has 1 aliphatic heterocycles. The van der Waals surface area contributed by atoms with Crippen LogP contribution in [0.15, 0.2) is 16.2 Å². The van der Waals surface area contributed by atoms with Crippen molar-refractivity contribution in [2.45, 2.75) is 13.0 Å². The van der Waals surface area contributed by atoms with Crippen molar-refractivity contribution < 1.29 is 4.74 Å². The number of aromatic nitrogens is 1. The van der Waals surface area contributed by atoms with E-state index in [1.807, 2.05) is 11.4 Å². The highest BCUT2D eigenvalue weighted by molar-refractivity contribution is 7.17. The molecule has 0 aliphatic carbocycles. The molecular formula is C10H9NO2S. The fourth-order valence-corrected chi connectivity index (χ4v) is 2.63. The third kappa shape index (κ3) is 1.04. The lowest BCUT2D eigenvalue weighted by Gasteiger charge is -2.15. The first-order valence-electron chi connectivity index (χ1n) is 4.55. The zero-order chi connectivity index (χ0) is 9.54. The van der Waals surface area contributed by atoms with Gasteiger partial charge in [0.05, 0.1) is 23.4 Å². The summed E-state index contributed by atoms with van der Waals surface area (Å²) in [4.78, 5) is 15.2. The summed E-state index contributed by atoms with van der Waals surface area (Å²) in [5.41, 5.74) is 2.96. The Morgan fingerprint density at radius 2 is 2.43 bits per heavy atom. The fourth-order valence-electron chi connectivity index (χ4n) is 1.81. The SMILES string of the molecule is O=c1c2c([nH]c3ccsc13)CCOC2. The van der Waals surface area contributed by atoms with E-state index in [4.69, 9.17) is 4.74 Å². The molecule has 0 saturated carbocycles. The van der Waals surface area contributed by atoms with Crippen LogP contribution in [0.2, 0.25) is 0 Å². The molecule has 0 radical (unpaired) electrons. The van der Waals surface area contributed by atoms with E-state index in [9.17, 15) is 4.79 Å². The van der Waals surface area contributed by atoms with Crippen molar-refractivity contribution in [3.8, 4) is 0 Å². The second-order valence-corrected chi connectivity index (χ2v) is 4.29. The average molecular weight is 207 g/mol. The lowest BCUT2D eigenvalue weighted by atomic mass is 10.1. The summed E-state index contributed by atoms with van der Waals surface area (Å²) in [6, 6.07) is 1.96. The van der Waals surface area contributed by atoms with Crippen LogP contribution >= 0.6 is 11.3 Å². The van der Waals surface area contributed by atoms with Crippen LogP contribution in [0.5, 0.6) is 0 Å². The highest BCUT2D eigenvalue weighted by Gasteiger charge is 2.16. The van der Waals surface area contributed by atoms with Gasteiger partial charge in [0.25, 0.3) is 0 Å². The number of ether oxygens (including phenoxy) is 1. The lowest BCUT2D eigenvalue weighted by Crippen LogP contribution is -2.20. The minimum atomic E-state index is 0.142. The van der Waals surface area contributed by atoms with Gasteiger partial charge in [-0.15, -0.1) is 11.3 Å². The predicted octanol–water partition coefficient (Wildman–Crippen LogP) is 1.66. The van der Waals surface area contributed by atoms with Crippen LogP contribution in [0, 0.1) is 0 Å². The van der Waals surface area contributed by atoms with Crippen LogP contribution in [0.4, 0.5) is 0 Å². The van der Waals surface area contributed by atoms with Crippen LogP contribution in [0.25, 0.3) is 10.2 Å². The van der Waals surface area contributed by atoms with E-state index in [2.05, 4.69) is 4.98 Å². The Morgan fingerprint density at radius 3 is 3.36 bits per heavy atom. The Hall–Kier alpha value is -1.13. The molecule has 0 bridgehead atoms. The molecule has 0 spiro atoms. The number of hydrogen-bond donors (Lipinski definition) is 1. The molecule has 0 amide bonds. The normalized spacial score (nSPS) is 15.7. The van der Waals surface area contributed by atoms with E-state index in [0.717, 1.165) is 27.9 Å². The number of aromatic amines is 1. The van der Waals surface area contributed by atoms with Crippen LogP contribution < -0.4 is 5.43 Å². The van der Waals surface area contributed by atoms with E-state index in [1.165, 1.54) is 11.3 Å². The number of fused-ring (bicyclic) bond motifs is 2. The summed E-state index contributed by atoms with van der Waals surface area (Å²) in [7, 11) is 0. The van der Waals surface area contributed by atoms with Gasteiger partial charge in [-0.05, 0) is 11.4 Å². The van der Waals surface area contributed by atoms with Gasteiger partial charge in [0, 0.05) is 17.7 Å². The van der Waals surface area contributed by atoms with Gasteiger partial charge in [0.15, 0.2) is 0 Å². The largest absolute Gasteiger partial charge is 0.376 e. The highest BCUT2D eigenvalue weighted by Crippen LogP contribution is 2.19. The maximum absolute atomic E-state index is 11.9. The van der Waals surface area contributed by atoms with Crippen LogP contribution in [-0.4, -0.2) is 11.6 Å². The topological polar surface area (TPSA) is 42.1 Å². The minimum absolute atomic E-state index is 0.142. The number of nitrogens with one attached hydrogen (secondary N) is 1. The smallest absolute Gasteiger partial charge is 0.205 e. The van der Waals surface area contributed by atoms with Gasteiger partial charge in [0.2, 0.25) is 5.43 Å². The van der Waals surface area contributed by atoms with Crippen molar-refractivity contribution in [2.75, 3.05) is 6.61 Å². The van der Waals surface area contributed by atoms with Crippen LogP contribution in [-0.2, 0) is 17.8 Å². The summed E-state index contributed by atoms with van der Waals surface area (Å²) in [5, 5.41) is 1.94. The molecule has 1 aliphatic rings. The number of H-pyrrole nitrogens is 1. The van der Waals surface area contributed by atoms with Gasteiger partial charge < -0.3 is 9.72 Å². The number of hydrogen-bond acceptors (Lipinski definition) is 3. The molecule has 0 atom stereocenters. The molecule has 4 heteroatoms. The van der Waals surface area contributed by atoms with Crippen molar-refractivity contribution >= 4 is 21.6 Å². The van der Waals surface area contributed by atoms with Gasteiger partial charge in [0.1, 0.15) is 0 Å². The highest BCUT2D eigenvalue weighted by atomic mass is 32.1. The quantitative estimate of drug-likeness (QED) is 0.714. The van der Waals surface area contributed by atoms with Gasteiger partial charge in [-0.2, -0.15) is 0 Å². The molecular weight excluding hydrogens is 198 g/mol. The summed E-state index contributed by atoms with van der Waals surface area (Å²) in [5.74, 6) is 0. The zero-order valence-electron chi connectivity index (χ0n) is 7.50. The van der Waals surface area contributed by atoms with Crippen molar-refractivity contribution in [1.29, 1.82) is 0 Å². The van der Waals surface area contributed by atoms with Crippen molar-refractivity contribution in [2.24, 2.45) is 0 Å². The Morgan fingerprint density at radius 1 is 1.50 bits per heavy atom. The Kier molecular flexibility index (Phi) is 1.72. The second kappa shape index (κ2) is 2.93. The fraction of sp³-hybridized carbons (Fsp3) is 0.300. The molecule has 0 saturated heterocycles. The monoisotopic (exact) mass is 207 g/mol. The Bertz CT molecular complexity index is 541. The molecule has 0 aromatic carbocycles. The Balaban J connectivity index is 2.42. The average Bonchev–Trinajstić information content (AvgIpc) is 2.66. The molecule has 1 N–H and O–H groups in total. The summed E-state index contributed by atoms with van der Waals surface area (Å²) in [6.45, 7) is 1.16. The third-order valence-corrected chi connectivity index (χ3v) is 3.45. The molecule has 3 heterocycles. The van der Waals surface area contributed by atoms with E-state index in [-0.39, 0.29) is 5.43 Å². The van der Waals surface area contributed by atoms with Crippen LogP contribution in [0.1, 0.15) is 11.3 Å². The summed E-state index contributed by atoms with van der Waals surface area (Å²) >= 11 is 1.49. The molecule has 3 nitrogen and oxygen atoms in total. The number of thiophene rings is 1. The van der Waals surface area contributed by atoms with Gasteiger partial charge in [-0.3, -0.25) is 4.79 Å². The molecule has 14 heavy (non-hydrogen) atoms. The predicted molar refractivity (Wildman–Crippen MR) is 55.8 cm³/mol. The first-order chi connectivity index (χ1) is 6.86. The standard InChI is InChI=1S/C10H9NO2S/c12-9-6-5-13-3-1-7(6)11-8-2-4-14-10(8)9/h2,4H,1,3,5H2,(H,11,12). The minimum Gasteiger partial charge on any atom is -0.376 e. The third-order valence-electron chi connectivity index (χ3n) is 2.54.